The first-order chi connectivity index (χ1) is 16.7. The first-order valence-corrected chi connectivity index (χ1v) is 10.3. The number of hydrazone groups is 1. The third-order valence-electron chi connectivity index (χ3n) is 4.33. The third-order valence-corrected chi connectivity index (χ3v) is 4.33. The van der Waals surface area contributed by atoms with Gasteiger partial charge in [0.1, 0.15) is 19.5 Å². The van der Waals surface area contributed by atoms with E-state index in [-0.39, 0.29) is 0 Å². The average molecular weight is 463 g/mol. The molecule has 0 spiro atoms. The van der Waals surface area contributed by atoms with Crippen LogP contribution in [0.2, 0.25) is 0 Å². The van der Waals surface area contributed by atoms with Gasteiger partial charge in [-0.2, -0.15) is 14.9 Å². The zero-order chi connectivity index (χ0) is 24.2. The van der Waals surface area contributed by atoms with E-state index in [1.54, 1.807) is 50.9 Å². The normalized spacial score (nSPS) is 10.9. The van der Waals surface area contributed by atoms with Crippen LogP contribution in [0.3, 0.4) is 0 Å². The van der Waals surface area contributed by atoms with E-state index in [9.17, 15) is 0 Å². The Kier molecular flexibility index (Phi) is 8.80. The Morgan fingerprint density at radius 3 is 2.03 bits per heavy atom. The molecule has 1 aromatic heterocycles. The summed E-state index contributed by atoms with van der Waals surface area (Å²) in [6, 6.07) is 10.9. The fourth-order valence-electron chi connectivity index (χ4n) is 2.75. The molecule has 3 rings (SSSR count). The summed E-state index contributed by atoms with van der Waals surface area (Å²) in [6.45, 7) is 8.06. The van der Waals surface area contributed by atoms with Gasteiger partial charge in [-0.3, -0.25) is 0 Å². The zero-order valence-corrected chi connectivity index (χ0v) is 19.0. The van der Waals surface area contributed by atoms with Gasteiger partial charge in [0.05, 0.1) is 26.6 Å². The maximum absolute atomic E-state index is 5.56. The van der Waals surface area contributed by atoms with Crippen LogP contribution in [0.5, 0.6) is 23.0 Å². The van der Waals surface area contributed by atoms with E-state index in [1.165, 1.54) is 11.0 Å². The molecule has 1 N–H and O–H groups in total. The molecular formula is C24H26N6O4. The highest BCUT2D eigenvalue weighted by Gasteiger charge is 2.06. The molecule has 34 heavy (non-hydrogen) atoms. The van der Waals surface area contributed by atoms with Crippen molar-refractivity contribution in [2.75, 3.05) is 32.9 Å². The summed E-state index contributed by atoms with van der Waals surface area (Å²) in [6.07, 6.45) is 8.06. The van der Waals surface area contributed by atoms with Gasteiger partial charge in [0.2, 0.25) is 0 Å². The number of nitrogens with zero attached hydrogens (tertiary/aromatic N) is 5. The van der Waals surface area contributed by atoms with Gasteiger partial charge in [0.25, 0.3) is 5.95 Å². The van der Waals surface area contributed by atoms with Crippen LogP contribution in [-0.2, 0) is 0 Å². The number of nitrogens with one attached hydrogen (secondary N) is 1. The van der Waals surface area contributed by atoms with E-state index < -0.39 is 0 Å². The van der Waals surface area contributed by atoms with Crippen LogP contribution in [0.4, 0.5) is 5.95 Å². The maximum atomic E-state index is 5.56. The molecule has 2 aromatic carbocycles. The van der Waals surface area contributed by atoms with E-state index in [0.717, 1.165) is 11.1 Å². The average Bonchev–Trinajstić information content (AvgIpc) is 3.32. The minimum Gasteiger partial charge on any atom is -0.493 e. The quantitative estimate of drug-likeness (QED) is 0.234. The lowest BCUT2D eigenvalue weighted by atomic mass is 10.2. The molecule has 0 fully saturated rings. The van der Waals surface area contributed by atoms with Crippen molar-refractivity contribution < 1.29 is 18.9 Å². The molecule has 10 nitrogen and oxygen atoms in total. The molecule has 10 heteroatoms. The van der Waals surface area contributed by atoms with Gasteiger partial charge >= 0.3 is 0 Å². The third kappa shape index (κ3) is 6.45. The number of aromatic nitrogens is 3. The number of hydrogen-bond donors (Lipinski definition) is 1. The zero-order valence-electron chi connectivity index (χ0n) is 19.0. The van der Waals surface area contributed by atoms with Crippen LogP contribution >= 0.6 is 0 Å². The van der Waals surface area contributed by atoms with Crippen molar-refractivity contribution in [3.8, 4) is 23.0 Å². The Morgan fingerprint density at radius 2 is 1.47 bits per heavy atom. The highest BCUT2D eigenvalue weighted by atomic mass is 16.5. The summed E-state index contributed by atoms with van der Waals surface area (Å²) in [5, 5.41) is 16.4. The molecule has 0 aliphatic carbocycles. The number of ether oxygens (including phenoxy) is 4. The van der Waals surface area contributed by atoms with Crippen molar-refractivity contribution in [3.05, 3.63) is 79.2 Å². The molecule has 0 aliphatic heterocycles. The highest BCUT2D eigenvalue weighted by Crippen LogP contribution is 2.28. The molecule has 0 saturated heterocycles. The molecule has 1 heterocycles. The first kappa shape index (κ1) is 24.1. The van der Waals surface area contributed by atoms with Crippen LogP contribution in [-0.4, -0.2) is 54.7 Å². The topological polar surface area (TPSA) is 104 Å². The molecule has 0 aliphatic rings. The van der Waals surface area contributed by atoms with Gasteiger partial charge in [-0.1, -0.05) is 25.3 Å². The Bertz CT molecular complexity index is 1170. The maximum Gasteiger partial charge on any atom is 0.265 e. The number of rotatable bonds is 13. The molecule has 0 atom stereocenters. The van der Waals surface area contributed by atoms with Crippen molar-refractivity contribution >= 4 is 18.4 Å². The van der Waals surface area contributed by atoms with Gasteiger partial charge in [-0.25, -0.2) is 5.43 Å². The van der Waals surface area contributed by atoms with E-state index >= 15 is 0 Å². The number of hydrogen-bond acceptors (Lipinski definition) is 9. The number of methoxy groups -OCH3 is 2. The lowest BCUT2D eigenvalue weighted by Crippen LogP contribution is -2.00. The van der Waals surface area contributed by atoms with Gasteiger partial charge < -0.3 is 18.9 Å². The highest BCUT2D eigenvalue weighted by molar-refractivity contribution is 5.82. The van der Waals surface area contributed by atoms with Gasteiger partial charge in [-0.15, -0.1) is 10.2 Å². The summed E-state index contributed by atoms with van der Waals surface area (Å²) in [4.78, 5) is 0. The second-order valence-electron chi connectivity index (χ2n) is 6.63. The second kappa shape index (κ2) is 12.4. The minimum atomic E-state index is 0.336. The van der Waals surface area contributed by atoms with Crippen molar-refractivity contribution in [2.45, 2.75) is 0 Å². The SMILES string of the molecule is C=CCOc1ccc(/C=N\Nc2nncn2/N=C/c2ccc(OCC=C)c(OC)c2)cc1OC. The summed E-state index contributed by atoms with van der Waals surface area (Å²) < 4.78 is 23.3. The summed E-state index contributed by atoms with van der Waals surface area (Å²) in [5.41, 5.74) is 4.43. The Morgan fingerprint density at radius 1 is 0.882 bits per heavy atom. The molecule has 0 radical (unpaired) electrons. The van der Waals surface area contributed by atoms with Gasteiger partial charge in [-0.05, 0) is 47.5 Å². The number of benzene rings is 2. The van der Waals surface area contributed by atoms with E-state index in [4.69, 9.17) is 18.9 Å². The molecule has 0 unspecified atom stereocenters. The second-order valence-corrected chi connectivity index (χ2v) is 6.63. The van der Waals surface area contributed by atoms with Crippen LogP contribution in [0.25, 0.3) is 0 Å². The van der Waals surface area contributed by atoms with E-state index in [0.29, 0.717) is 42.2 Å². The molecule has 176 valence electrons. The predicted molar refractivity (Wildman–Crippen MR) is 132 cm³/mol. The molecular weight excluding hydrogens is 436 g/mol. The lowest BCUT2D eigenvalue weighted by molar-refractivity contribution is 0.326. The van der Waals surface area contributed by atoms with Gasteiger partial charge in [0, 0.05) is 0 Å². The summed E-state index contributed by atoms with van der Waals surface area (Å²) >= 11 is 0. The van der Waals surface area contributed by atoms with Crippen molar-refractivity contribution in [1.29, 1.82) is 0 Å². The van der Waals surface area contributed by atoms with Crippen LogP contribution < -0.4 is 24.4 Å². The lowest BCUT2D eigenvalue weighted by Gasteiger charge is -2.09. The summed E-state index contributed by atoms with van der Waals surface area (Å²) in [7, 11) is 3.15. The molecule has 0 saturated carbocycles. The fourth-order valence-corrected chi connectivity index (χ4v) is 2.75. The number of anilines is 1. The van der Waals surface area contributed by atoms with Crippen LogP contribution in [0.1, 0.15) is 11.1 Å². The molecule has 0 amide bonds. The summed E-state index contributed by atoms with van der Waals surface area (Å²) in [5.74, 6) is 2.77. The molecule has 0 bridgehead atoms. The van der Waals surface area contributed by atoms with Gasteiger partial charge in [0.15, 0.2) is 23.0 Å². The van der Waals surface area contributed by atoms with Crippen molar-refractivity contribution in [3.63, 3.8) is 0 Å². The van der Waals surface area contributed by atoms with E-state index in [1.807, 2.05) is 24.3 Å². The van der Waals surface area contributed by atoms with Crippen molar-refractivity contribution in [1.82, 2.24) is 14.9 Å². The fraction of sp³-hybridized carbons (Fsp3) is 0.167. The smallest absolute Gasteiger partial charge is 0.265 e. The predicted octanol–water partition coefficient (Wildman–Crippen LogP) is 3.75. The standard InChI is InChI=1S/C24H26N6O4/c1-5-11-33-20-9-7-18(13-22(20)31-3)15-25-28-24-29-26-17-30(24)27-16-19-8-10-21(34-12-6-2)23(14-19)32-4/h5-10,13-17H,1-2,11-12H2,3-4H3,(H,28,29)/b25-15-,27-16+. The Labute approximate surface area is 197 Å². The van der Waals surface area contributed by atoms with Crippen LogP contribution in [0, 0.1) is 0 Å². The van der Waals surface area contributed by atoms with Crippen LogP contribution in [0.15, 0.2) is 78.2 Å². The largest absolute Gasteiger partial charge is 0.493 e. The van der Waals surface area contributed by atoms with E-state index in [2.05, 4.69) is 39.0 Å². The Balaban J connectivity index is 1.67. The minimum absolute atomic E-state index is 0.336. The Hall–Kier alpha value is -4.60. The van der Waals surface area contributed by atoms with Crippen molar-refractivity contribution in [2.24, 2.45) is 10.2 Å². The monoisotopic (exact) mass is 462 g/mol. The molecule has 3 aromatic rings. The first-order valence-electron chi connectivity index (χ1n) is 10.3.